The lowest BCUT2D eigenvalue weighted by atomic mass is 10.0. The summed E-state index contributed by atoms with van der Waals surface area (Å²) >= 11 is 5.81. The quantitative estimate of drug-likeness (QED) is 0.506. The highest BCUT2D eigenvalue weighted by molar-refractivity contribution is 6.39. The SMILES string of the molecule is CC(C)c1ccc(/C=N\NC(=O)C(=O)Nc2cccc(Cl)c2)cc1. The molecule has 0 atom stereocenters. The maximum Gasteiger partial charge on any atom is 0.329 e. The van der Waals surface area contributed by atoms with Gasteiger partial charge in [-0.05, 0) is 35.2 Å². The molecule has 0 aliphatic rings. The molecule has 2 aromatic carbocycles. The van der Waals surface area contributed by atoms with E-state index in [-0.39, 0.29) is 0 Å². The Hall–Kier alpha value is -2.66. The van der Waals surface area contributed by atoms with Crippen LogP contribution in [0.5, 0.6) is 0 Å². The van der Waals surface area contributed by atoms with Gasteiger partial charge < -0.3 is 5.32 Å². The molecule has 0 spiro atoms. The fourth-order valence-corrected chi connectivity index (χ4v) is 2.13. The van der Waals surface area contributed by atoms with E-state index in [1.54, 1.807) is 24.3 Å². The lowest BCUT2D eigenvalue weighted by Gasteiger charge is -2.05. The molecule has 0 radical (unpaired) electrons. The molecule has 124 valence electrons. The van der Waals surface area contributed by atoms with E-state index in [1.165, 1.54) is 11.8 Å². The Kier molecular flexibility index (Phi) is 6.09. The third-order valence-corrected chi connectivity index (χ3v) is 3.51. The van der Waals surface area contributed by atoms with E-state index in [1.807, 2.05) is 24.3 Å². The average molecular weight is 344 g/mol. The Balaban J connectivity index is 1.88. The van der Waals surface area contributed by atoms with Crippen LogP contribution >= 0.6 is 11.6 Å². The second-order valence-corrected chi connectivity index (χ2v) is 5.92. The number of rotatable bonds is 4. The molecular formula is C18H18ClN3O2. The van der Waals surface area contributed by atoms with Crippen molar-refractivity contribution in [3.63, 3.8) is 0 Å². The Bertz CT molecular complexity index is 755. The molecule has 2 rings (SSSR count). The minimum Gasteiger partial charge on any atom is -0.318 e. The van der Waals surface area contributed by atoms with Crippen molar-refractivity contribution in [3.8, 4) is 0 Å². The number of hydrogen-bond acceptors (Lipinski definition) is 3. The molecule has 0 bridgehead atoms. The summed E-state index contributed by atoms with van der Waals surface area (Å²) in [6, 6.07) is 14.3. The molecule has 0 aliphatic carbocycles. The molecule has 2 amide bonds. The topological polar surface area (TPSA) is 70.6 Å². The Morgan fingerprint density at radius 3 is 2.42 bits per heavy atom. The summed E-state index contributed by atoms with van der Waals surface area (Å²) in [4.78, 5) is 23.4. The molecule has 0 saturated carbocycles. The molecule has 5 nitrogen and oxygen atoms in total. The van der Waals surface area contributed by atoms with Crippen LogP contribution in [0.25, 0.3) is 0 Å². The molecule has 0 aromatic heterocycles. The van der Waals surface area contributed by atoms with Gasteiger partial charge in [0.15, 0.2) is 0 Å². The fourth-order valence-electron chi connectivity index (χ4n) is 1.94. The lowest BCUT2D eigenvalue weighted by Crippen LogP contribution is -2.32. The van der Waals surface area contributed by atoms with Gasteiger partial charge in [0, 0.05) is 10.7 Å². The second-order valence-electron chi connectivity index (χ2n) is 5.48. The highest BCUT2D eigenvalue weighted by atomic mass is 35.5. The fraction of sp³-hybridized carbons (Fsp3) is 0.167. The predicted octanol–water partition coefficient (Wildman–Crippen LogP) is 3.55. The third-order valence-electron chi connectivity index (χ3n) is 3.27. The van der Waals surface area contributed by atoms with Gasteiger partial charge in [-0.25, -0.2) is 5.43 Å². The van der Waals surface area contributed by atoms with Crippen molar-refractivity contribution < 1.29 is 9.59 Å². The molecule has 0 aliphatic heterocycles. The zero-order valence-corrected chi connectivity index (χ0v) is 14.2. The van der Waals surface area contributed by atoms with Gasteiger partial charge in [-0.1, -0.05) is 55.8 Å². The number of amides is 2. The Labute approximate surface area is 145 Å². The highest BCUT2D eigenvalue weighted by Crippen LogP contribution is 2.15. The van der Waals surface area contributed by atoms with Crippen molar-refractivity contribution in [1.29, 1.82) is 0 Å². The number of carbonyl (C=O) groups is 2. The zero-order chi connectivity index (χ0) is 17.5. The van der Waals surface area contributed by atoms with Crippen LogP contribution in [0.15, 0.2) is 53.6 Å². The number of halogens is 1. The molecule has 0 saturated heterocycles. The van der Waals surface area contributed by atoms with Crippen molar-refractivity contribution >= 4 is 35.3 Å². The number of nitrogens with zero attached hydrogens (tertiary/aromatic N) is 1. The summed E-state index contributed by atoms with van der Waals surface area (Å²) in [7, 11) is 0. The summed E-state index contributed by atoms with van der Waals surface area (Å²) in [5, 5.41) is 6.70. The van der Waals surface area contributed by atoms with Gasteiger partial charge in [-0.15, -0.1) is 0 Å². The van der Waals surface area contributed by atoms with Crippen molar-refractivity contribution in [2.45, 2.75) is 19.8 Å². The number of benzene rings is 2. The van der Waals surface area contributed by atoms with Gasteiger partial charge in [0.1, 0.15) is 0 Å². The van der Waals surface area contributed by atoms with E-state index in [0.717, 1.165) is 5.56 Å². The first-order valence-corrected chi connectivity index (χ1v) is 7.83. The van der Waals surface area contributed by atoms with E-state index in [0.29, 0.717) is 16.6 Å². The summed E-state index contributed by atoms with van der Waals surface area (Å²) in [5.41, 5.74) is 4.68. The van der Waals surface area contributed by atoms with E-state index < -0.39 is 11.8 Å². The van der Waals surface area contributed by atoms with Crippen LogP contribution in [0, 0.1) is 0 Å². The first kappa shape index (κ1) is 17.7. The molecule has 0 unspecified atom stereocenters. The summed E-state index contributed by atoms with van der Waals surface area (Å²) in [5.74, 6) is -1.22. The number of nitrogens with one attached hydrogen (secondary N) is 2. The smallest absolute Gasteiger partial charge is 0.318 e. The van der Waals surface area contributed by atoms with E-state index in [4.69, 9.17) is 11.6 Å². The predicted molar refractivity (Wildman–Crippen MR) is 96.3 cm³/mol. The highest BCUT2D eigenvalue weighted by Gasteiger charge is 2.12. The lowest BCUT2D eigenvalue weighted by molar-refractivity contribution is -0.136. The van der Waals surface area contributed by atoms with E-state index in [2.05, 4.69) is 29.7 Å². The number of hydrogen-bond donors (Lipinski definition) is 2. The second kappa shape index (κ2) is 8.26. The van der Waals surface area contributed by atoms with Gasteiger partial charge in [0.2, 0.25) is 0 Å². The first-order valence-electron chi connectivity index (χ1n) is 7.45. The van der Waals surface area contributed by atoms with Crippen LogP contribution in [-0.2, 0) is 9.59 Å². The monoisotopic (exact) mass is 343 g/mol. The maximum atomic E-state index is 11.7. The van der Waals surface area contributed by atoms with Crippen molar-refractivity contribution in [2.75, 3.05) is 5.32 Å². The van der Waals surface area contributed by atoms with Crippen LogP contribution in [0.3, 0.4) is 0 Å². The Morgan fingerprint density at radius 1 is 1.08 bits per heavy atom. The summed E-state index contributed by atoms with van der Waals surface area (Å²) in [6.45, 7) is 4.23. The largest absolute Gasteiger partial charge is 0.329 e. The molecule has 6 heteroatoms. The zero-order valence-electron chi connectivity index (χ0n) is 13.4. The van der Waals surface area contributed by atoms with Gasteiger partial charge in [0.05, 0.1) is 6.21 Å². The molecule has 2 N–H and O–H groups in total. The van der Waals surface area contributed by atoms with Crippen LogP contribution in [0.1, 0.15) is 30.9 Å². The number of carbonyl (C=O) groups excluding carboxylic acids is 2. The minimum atomic E-state index is -0.856. The van der Waals surface area contributed by atoms with Crippen molar-refractivity contribution in [1.82, 2.24) is 5.43 Å². The maximum absolute atomic E-state index is 11.7. The molecule has 24 heavy (non-hydrogen) atoms. The molecule has 0 fully saturated rings. The third kappa shape index (κ3) is 5.21. The van der Waals surface area contributed by atoms with Gasteiger partial charge >= 0.3 is 11.8 Å². The van der Waals surface area contributed by atoms with E-state index in [9.17, 15) is 9.59 Å². The molecular weight excluding hydrogens is 326 g/mol. The summed E-state index contributed by atoms with van der Waals surface area (Å²) in [6.07, 6.45) is 1.48. The van der Waals surface area contributed by atoms with Gasteiger partial charge in [0.25, 0.3) is 0 Å². The number of anilines is 1. The number of hydrazone groups is 1. The van der Waals surface area contributed by atoms with Crippen LogP contribution < -0.4 is 10.7 Å². The normalized spacial score (nSPS) is 10.8. The van der Waals surface area contributed by atoms with Gasteiger partial charge in [-0.3, -0.25) is 9.59 Å². The van der Waals surface area contributed by atoms with Gasteiger partial charge in [-0.2, -0.15) is 5.10 Å². The van der Waals surface area contributed by atoms with Crippen molar-refractivity contribution in [2.24, 2.45) is 5.10 Å². The van der Waals surface area contributed by atoms with Crippen LogP contribution in [0.2, 0.25) is 5.02 Å². The van der Waals surface area contributed by atoms with Crippen LogP contribution in [0.4, 0.5) is 5.69 Å². The minimum absolute atomic E-state index is 0.441. The standard InChI is InChI=1S/C18H18ClN3O2/c1-12(2)14-8-6-13(7-9-14)11-20-22-18(24)17(23)21-16-5-3-4-15(19)10-16/h3-12H,1-2H3,(H,21,23)(H,22,24)/b20-11-. The van der Waals surface area contributed by atoms with E-state index >= 15 is 0 Å². The van der Waals surface area contributed by atoms with Crippen molar-refractivity contribution in [3.05, 3.63) is 64.7 Å². The molecule has 0 heterocycles. The average Bonchev–Trinajstić information content (AvgIpc) is 2.55. The summed E-state index contributed by atoms with van der Waals surface area (Å²) < 4.78 is 0. The Morgan fingerprint density at radius 2 is 1.79 bits per heavy atom. The van der Waals surface area contributed by atoms with Crippen LogP contribution in [-0.4, -0.2) is 18.0 Å². The molecule has 2 aromatic rings. The first-order chi connectivity index (χ1) is 11.5.